The van der Waals surface area contributed by atoms with Crippen LogP contribution in [-0.2, 0) is 6.54 Å². The lowest BCUT2D eigenvalue weighted by Crippen LogP contribution is -2.24. The molecule has 0 aliphatic heterocycles. The molecular weight excluding hydrogens is 243 g/mol. The fraction of sp³-hybridized carbons (Fsp3) is 0.556. The van der Waals surface area contributed by atoms with Crippen molar-refractivity contribution in [3.05, 3.63) is 23.2 Å². The number of halogens is 4. The smallest absolute Gasteiger partial charge is 0.300 e. The number of nitrogens with zero attached hydrogens (tertiary/aromatic N) is 3. The van der Waals surface area contributed by atoms with Gasteiger partial charge in [0, 0.05) is 13.1 Å². The molecule has 0 aromatic carbocycles. The summed E-state index contributed by atoms with van der Waals surface area (Å²) in [6.45, 7) is 0.258. The number of hydrogen-bond acceptors (Lipinski definition) is 3. The van der Waals surface area contributed by atoms with Gasteiger partial charge in [0.1, 0.15) is 5.15 Å². The predicted molar refractivity (Wildman–Crippen MR) is 54.0 cm³/mol. The summed E-state index contributed by atoms with van der Waals surface area (Å²) in [5.74, 6) is 0. The van der Waals surface area contributed by atoms with Crippen LogP contribution in [0.1, 0.15) is 12.1 Å². The van der Waals surface area contributed by atoms with Crippen molar-refractivity contribution < 1.29 is 13.2 Å². The van der Waals surface area contributed by atoms with Crippen LogP contribution in [0.4, 0.5) is 13.2 Å². The molecule has 0 saturated carbocycles. The number of alkyl halides is 3. The van der Waals surface area contributed by atoms with Crippen LogP contribution in [0.2, 0.25) is 5.15 Å². The van der Waals surface area contributed by atoms with Crippen LogP contribution in [0.3, 0.4) is 0 Å². The van der Waals surface area contributed by atoms with E-state index in [9.17, 15) is 13.2 Å². The Morgan fingerprint density at radius 1 is 1.31 bits per heavy atom. The Morgan fingerprint density at radius 2 is 2.00 bits per heavy atom. The van der Waals surface area contributed by atoms with Gasteiger partial charge in [-0.2, -0.15) is 13.2 Å². The molecule has 1 aromatic heterocycles. The monoisotopic (exact) mass is 253 g/mol. The molecule has 0 bridgehead atoms. The standard InChI is InChI=1S/C9H11ClF3N3/c1-16(3-2-9(11,12)13)6-7-4-15-8(10)5-14-7/h4-5H,2-3,6H2,1H3. The highest BCUT2D eigenvalue weighted by molar-refractivity contribution is 6.29. The SMILES string of the molecule is CN(CCC(F)(F)F)Cc1cnc(Cl)cn1. The first-order valence-electron chi connectivity index (χ1n) is 4.58. The Bertz CT molecular complexity index is 326. The lowest BCUT2D eigenvalue weighted by molar-refractivity contribution is -0.137. The van der Waals surface area contributed by atoms with Gasteiger partial charge in [-0.05, 0) is 7.05 Å². The average molecular weight is 254 g/mol. The van der Waals surface area contributed by atoms with Gasteiger partial charge in [0.15, 0.2) is 0 Å². The minimum Gasteiger partial charge on any atom is -0.300 e. The molecule has 0 aliphatic rings. The highest BCUT2D eigenvalue weighted by Gasteiger charge is 2.27. The van der Waals surface area contributed by atoms with Crippen molar-refractivity contribution in [2.24, 2.45) is 0 Å². The van der Waals surface area contributed by atoms with E-state index in [2.05, 4.69) is 9.97 Å². The van der Waals surface area contributed by atoms with Crippen molar-refractivity contribution in [2.75, 3.05) is 13.6 Å². The molecule has 0 N–H and O–H groups in total. The van der Waals surface area contributed by atoms with E-state index in [-0.39, 0.29) is 11.7 Å². The molecule has 16 heavy (non-hydrogen) atoms. The summed E-state index contributed by atoms with van der Waals surface area (Å²) < 4.78 is 35.8. The van der Waals surface area contributed by atoms with Crippen molar-refractivity contribution in [3.8, 4) is 0 Å². The lowest BCUT2D eigenvalue weighted by atomic mass is 10.3. The van der Waals surface area contributed by atoms with Crippen LogP contribution in [0.5, 0.6) is 0 Å². The van der Waals surface area contributed by atoms with Crippen molar-refractivity contribution >= 4 is 11.6 Å². The topological polar surface area (TPSA) is 29.0 Å². The van der Waals surface area contributed by atoms with Crippen LogP contribution >= 0.6 is 11.6 Å². The molecule has 90 valence electrons. The first-order valence-corrected chi connectivity index (χ1v) is 4.96. The van der Waals surface area contributed by atoms with Crippen LogP contribution in [-0.4, -0.2) is 34.6 Å². The number of aromatic nitrogens is 2. The molecule has 0 amide bonds. The largest absolute Gasteiger partial charge is 0.390 e. The zero-order valence-corrected chi connectivity index (χ0v) is 9.39. The molecule has 0 saturated heterocycles. The summed E-state index contributed by atoms with van der Waals surface area (Å²) in [5.41, 5.74) is 0.592. The van der Waals surface area contributed by atoms with Crippen LogP contribution < -0.4 is 0 Å². The molecule has 0 unspecified atom stereocenters. The summed E-state index contributed by atoms with van der Waals surface area (Å²) >= 11 is 5.53. The van der Waals surface area contributed by atoms with Crippen molar-refractivity contribution in [2.45, 2.75) is 19.1 Å². The zero-order chi connectivity index (χ0) is 12.2. The first kappa shape index (κ1) is 13.2. The average Bonchev–Trinajstić information content (AvgIpc) is 2.18. The third-order valence-electron chi connectivity index (χ3n) is 1.88. The van der Waals surface area contributed by atoms with Gasteiger partial charge in [-0.25, -0.2) is 4.98 Å². The van der Waals surface area contributed by atoms with Crippen molar-refractivity contribution in [1.82, 2.24) is 14.9 Å². The van der Waals surface area contributed by atoms with Crippen LogP contribution in [0.15, 0.2) is 12.4 Å². The predicted octanol–water partition coefficient (Wildman–Crippen LogP) is 2.51. The molecule has 0 radical (unpaired) electrons. The van der Waals surface area contributed by atoms with E-state index in [0.29, 0.717) is 12.2 Å². The van der Waals surface area contributed by atoms with Gasteiger partial charge in [0.05, 0.1) is 24.5 Å². The second kappa shape index (κ2) is 5.45. The molecule has 0 atom stereocenters. The quantitative estimate of drug-likeness (QED) is 0.826. The molecule has 1 rings (SSSR count). The molecule has 0 aliphatic carbocycles. The molecule has 0 spiro atoms. The van der Waals surface area contributed by atoms with Crippen LogP contribution in [0.25, 0.3) is 0 Å². The highest BCUT2D eigenvalue weighted by Crippen LogP contribution is 2.19. The summed E-state index contributed by atoms with van der Waals surface area (Å²) in [4.78, 5) is 9.27. The van der Waals surface area contributed by atoms with Crippen molar-refractivity contribution in [1.29, 1.82) is 0 Å². The van der Waals surface area contributed by atoms with E-state index in [0.717, 1.165) is 0 Å². The van der Waals surface area contributed by atoms with Gasteiger partial charge in [0.2, 0.25) is 0 Å². The van der Waals surface area contributed by atoms with E-state index in [4.69, 9.17) is 11.6 Å². The summed E-state index contributed by atoms with van der Waals surface area (Å²) in [6.07, 6.45) is -2.13. The van der Waals surface area contributed by atoms with Gasteiger partial charge in [-0.15, -0.1) is 0 Å². The summed E-state index contributed by atoms with van der Waals surface area (Å²) in [7, 11) is 1.60. The highest BCUT2D eigenvalue weighted by atomic mass is 35.5. The Labute approximate surface area is 96.3 Å². The van der Waals surface area contributed by atoms with E-state index < -0.39 is 12.6 Å². The molecular formula is C9H11ClF3N3. The second-order valence-corrected chi connectivity index (χ2v) is 3.82. The van der Waals surface area contributed by atoms with Gasteiger partial charge in [0.25, 0.3) is 0 Å². The minimum atomic E-state index is -4.13. The molecule has 1 aromatic rings. The van der Waals surface area contributed by atoms with Crippen molar-refractivity contribution in [3.63, 3.8) is 0 Å². The van der Waals surface area contributed by atoms with E-state index >= 15 is 0 Å². The maximum atomic E-state index is 11.9. The van der Waals surface area contributed by atoms with E-state index in [1.165, 1.54) is 17.3 Å². The van der Waals surface area contributed by atoms with E-state index in [1.807, 2.05) is 0 Å². The summed E-state index contributed by atoms with van der Waals surface area (Å²) in [5, 5.41) is 0.265. The normalized spacial score (nSPS) is 12.1. The Balaban J connectivity index is 2.39. The summed E-state index contributed by atoms with van der Waals surface area (Å²) in [6, 6.07) is 0. The molecule has 0 fully saturated rings. The Kier molecular flexibility index (Phi) is 4.49. The number of rotatable bonds is 4. The molecule has 3 nitrogen and oxygen atoms in total. The molecule has 7 heteroatoms. The first-order chi connectivity index (χ1) is 7.37. The second-order valence-electron chi connectivity index (χ2n) is 3.43. The Hall–Kier alpha value is -0.880. The number of hydrogen-bond donors (Lipinski definition) is 0. The van der Waals surface area contributed by atoms with Gasteiger partial charge in [-0.1, -0.05) is 11.6 Å². The van der Waals surface area contributed by atoms with E-state index in [1.54, 1.807) is 7.05 Å². The Morgan fingerprint density at radius 3 is 2.50 bits per heavy atom. The third kappa shape index (κ3) is 5.27. The maximum absolute atomic E-state index is 11.9. The van der Waals surface area contributed by atoms with Crippen LogP contribution in [0, 0.1) is 0 Å². The fourth-order valence-electron chi connectivity index (χ4n) is 1.09. The zero-order valence-electron chi connectivity index (χ0n) is 8.63. The molecule has 1 heterocycles. The third-order valence-corrected chi connectivity index (χ3v) is 2.08. The minimum absolute atomic E-state index is 0.0617. The maximum Gasteiger partial charge on any atom is 0.390 e. The van der Waals surface area contributed by atoms with Gasteiger partial charge in [-0.3, -0.25) is 4.98 Å². The van der Waals surface area contributed by atoms with Gasteiger partial charge < -0.3 is 4.90 Å². The fourth-order valence-corrected chi connectivity index (χ4v) is 1.19. The lowest BCUT2D eigenvalue weighted by Gasteiger charge is -2.16. The van der Waals surface area contributed by atoms with Gasteiger partial charge >= 0.3 is 6.18 Å².